The number of hydrogen-bond acceptors (Lipinski definition) is 5. The van der Waals surface area contributed by atoms with Crippen LogP contribution in [0.25, 0.3) is 22.4 Å². The molecule has 1 amide bonds. The lowest BCUT2D eigenvalue weighted by atomic mass is 9.95. The zero-order valence-electron chi connectivity index (χ0n) is 18.6. The first-order valence-electron chi connectivity index (χ1n) is 10.9. The Balaban J connectivity index is 1.89. The first-order chi connectivity index (χ1) is 16.6. The number of aromatic nitrogens is 2. The van der Waals surface area contributed by atoms with Gasteiger partial charge in [0.1, 0.15) is 12.1 Å². The maximum absolute atomic E-state index is 13.5. The van der Waals surface area contributed by atoms with Crippen molar-refractivity contribution < 1.29 is 14.3 Å². The lowest BCUT2D eigenvalue weighted by Crippen LogP contribution is -2.34. The first-order valence-corrected chi connectivity index (χ1v) is 10.9. The Kier molecular flexibility index (Phi) is 6.93. The number of carbonyl (C=O) groups excluding carboxylic acids is 2. The molecule has 1 N–H and O–H groups in total. The average Bonchev–Trinajstić information content (AvgIpc) is 2.86. The standard InChI is InChI=1S/C27H23N3O4/c1-2-34-27(33)24-23(19-12-6-3-7-13-19)25(20-14-8-4-9-15-20)29-30(26(24)32)18-22(31)28-21-16-10-5-11-17-21/h3-17H,2,18H2,1H3,(H,28,31). The van der Waals surface area contributed by atoms with Crippen LogP contribution in [0.2, 0.25) is 0 Å². The molecule has 7 nitrogen and oxygen atoms in total. The molecule has 0 aliphatic rings. The lowest BCUT2D eigenvalue weighted by Gasteiger charge is -2.17. The summed E-state index contributed by atoms with van der Waals surface area (Å²) < 4.78 is 6.25. The van der Waals surface area contributed by atoms with E-state index in [1.54, 1.807) is 43.3 Å². The van der Waals surface area contributed by atoms with Crippen molar-refractivity contribution in [2.45, 2.75) is 13.5 Å². The maximum Gasteiger partial charge on any atom is 0.344 e. The van der Waals surface area contributed by atoms with E-state index in [1.165, 1.54) is 0 Å². The second-order valence-corrected chi connectivity index (χ2v) is 7.43. The van der Waals surface area contributed by atoms with Crippen LogP contribution in [0.15, 0.2) is 95.8 Å². The number of nitrogens with one attached hydrogen (secondary N) is 1. The maximum atomic E-state index is 13.5. The highest BCUT2D eigenvalue weighted by Crippen LogP contribution is 2.32. The van der Waals surface area contributed by atoms with Crippen LogP contribution in [0.1, 0.15) is 17.3 Å². The Morgan fingerprint density at radius 3 is 2.00 bits per heavy atom. The van der Waals surface area contributed by atoms with Gasteiger partial charge in [-0.15, -0.1) is 0 Å². The van der Waals surface area contributed by atoms with Crippen molar-refractivity contribution in [2.75, 3.05) is 11.9 Å². The van der Waals surface area contributed by atoms with Crippen molar-refractivity contribution in [3.05, 3.63) is 107 Å². The van der Waals surface area contributed by atoms with Crippen molar-refractivity contribution in [1.82, 2.24) is 9.78 Å². The summed E-state index contributed by atoms with van der Waals surface area (Å²) in [6, 6.07) is 27.2. The Morgan fingerprint density at radius 2 is 1.41 bits per heavy atom. The molecule has 3 aromatic carbocycles. The van der Waals surface area contributed by atoms with Gasteiger partial charge in [0.25, 0.3) is 5.56 Å². The van der Waals surface area contributed by atoms with Crippen LogP contribution in [0.3, 0.4) is 0 Å². The first kappa shape index (κ1) is 22.7. The molecule has 0 saturated carbocycles. The molecular weight excluding hydrogens is 430 g/mol. The Hall–Kier alpha value is -4.52. The van der Waals surface area contributed by atoms with Crippen molar-refractivity contribution in [3.63, 3.8) is 0 Å². The van der Waals surface area contributed by atoms with E-state index in [2.05, 4.69) is 10.4 Å². The molecule has 0 spiro atoms. The number of rotatable bonds is 7. The minimum Gasteiger partial charge on any atom is -0.462 e. The third-order valence-electron chi connectivity index (χ3n) is 5.10. The molecule has 0 fully saturated rings. The van der Waals surface area contributed by atoms with Crippen molar-refractivity contribution in [1.29, 1.82) is 0 Å². The van der Waals surface area contributed by atoms with Gasteiger partial charge in [-0.05, 0) is 24.6 Å². The third kappa shape index (κ3) is 4.94. The van der Waals surface area contributed by atoms with Crippen LogP contribution < -0.4 is 10.9 Å². The summed E-state index contributed by atoms with van der Waals surface area (Å²) >= 11 is 0. The molecule has 1 heterocycles. The number of ether oxygens (including phenoxy) is 1. The topological polar surface area (TPSA) is 90.3 Å². The summed E-state index contributed by atoms with van der Waals surface area (Å²) in [6.07, 6.45) is 0. The van der Waals surface area contributed by atoms with Gasteiger partial charge in [-0.25, -0.2) is 9.48 Å². The predicted octanol–water partition coefficient (Wildman–Crippen LogP) is 4.39. The van der Waals surface area contributed by atoms with Gasteiger partial charge in [0.2, 0.25) is 5.91 Å². The van der Waals surface area contributed by atoms with Crippen molar-refractivity contribution >= 4 is 17.6 Å². The molecule has 1 aromatic heterocycles. The summed E-state index contributed by atoms with van der Waals surface area (Å²) in [6.45, 7) is 1.41. The van der Waals surface area contributed by atoms with Crippen LogP contribution in [-0.2, 0) is 16.1 Å². The van der Waals surface area contributed by atoms with Gasteiger partial charge in [-0.2, -0.15) is 5.10 Å². The van der Waals surface area contributed by atoms with Crippen molar-refractivity contribution in [3.8, 4) is 22.4 Å². The number of benzene rings is 3. The van der Waals surface area contributed by atoms with E-state index in [-0.39, 0.29) is 18.7 Å². The highest BCUT2D eigenvalue weighted by molar-refractivity contribution is 6.01. The molecule has 0 bridgehead atoms. The van der Waals surface area contributed by atoms with E-state index in [0.717, 1.165) is 4.68 Å². The highest BCUT2D eigenvalue weighted by atomic mass is 16.5. The minimum absolute atomic E-state index is 0.101. The smallest absolute Gasteiger partial charge is 0.344 e. The minimum atomic E-state index is -0.761. The number of anilines is 1. The van der Waals surface area contributed by atoms with Gasteiger partial charge in [-0.1, -0.05) is 78.9 Å². The number of hydrogen-bond donors (Lipinski definition) is 1. The Labute approximate surface area is 196 Å². The van der Waals surface area contributed by atoms with Gasteiger partial charge in [0, 0.05) is 16.8 Å². The molecule has 4 aromatic rings. The molecule has 34 heavy (non-hydrogen) atoms. The lowest BCUT2D eigenvalue weighted by molar-refractivity contribution is -0.117. The Bertz CT molecular complexity index is 1350. The predicted molar refractivity (Wildman–Crippen MR) is 130 cm³/mol. The highest BCUT2D eigenvalue weighted by Gasteiger charge is 2.26. The SMILES string of the molecule is CCOC(=O)c1c(-c2ccccc2)c(-c2ccccc2)nn(CC(=O)Nc2ccccc2)c1=O. The second-order valence-electron chi connectivity index (χ2n) is 7.43. The summed E-state index contributed by atoms with van der Waals surface area (Å²) in [5.41, 5.74) is 1.86. The van der Waals surface area contributed by atoms with E-state index in [9.17, 15) is 14.4 Å². The fraction of sp³-hybridized carbons (Fsp3) is 0.111. The van der Waals surface area contributed by atoms with E-state index in [4.69, 9.17) is 4.74 Å². The second kappa shape index (κ2) is 10.4. The number of para-hydroxylation sites is 1. The molecule has 7 heteroatoms. The molecule has 0 aliphatic carbocycles. The quantitative estimate of drug-likeness (QED) is 0.419. The number of esters is 1. The Morgan fingerprint density at radius 1 is 0.853 bits per heavy atom. The van der Waals surface area contributed by atoms with Gasteiger partial charge >= 0.3 is 5.97 Å². The van der Waals surface area contributed by atoms with Crippen LogP contribution in [0, 0.1) is 0 Å². The summed E-state index contributed by atoms with van der Waals surface area (Å²) in [4.78, 5) is 39.2. The van der Waals surface area contributed by atoms with E-state index < -0.39 is 17.4 Å². The van der Waals surface area contributed by atoms with Gasteiger partial charge in [0.15, 0.2) is 0 Å². The van der Waals surface area contributed by atoms with E-state index in [0.29, 0.717) is 28.1 Å². The van der Waals surface area contributed by atoms with E-state index in [1.807, 2.05) is 54.6 Å². The monoisotopic (exact) mass is 453 g/mol. The van der Waals surface area contributed by atoms with Crippen LogP contribution >= 0.6 is 0 Å². The zero-order chi connectivity index (χ0) is 23.9. The molecule has 170 valence electrons. The fourth-order valence-electron chi connectivity index (χ4n) is 3.61. The van der Waals surface area contributed by atoms with Crippen LogP contribution in [-0.4, -0.2) is 28.3 Å². The van der Waals surface area contributed by atoms with Crippen LogP contribution in [0.5, 0.6) is 0 Å². The summed E-state index contributed by atoms with van der Waals surface area (Å²) in [5.74, 6) is -1.20. The third-order valence-corrected chi connectivity index (χ3v) is 5.10. The molecule has 0 atom stereocenters. The number of carbonyl (C=O) groups is 2. The molecule has 0 unspecified atom stereocenters. The normalized spacial score (nSPS) is 10.5. The van der Waals surface area contributed by atoms with Gasteiger partial charge in [0.05, 0.1) is 12.3 Å². The molecule has 4 rings (SSSR count). The van der Waals surface area contributed by atoms with Gasteiger partial charge < -0.3 is 10.1 Å². The molecular formula is C27H23N3O4. The van der Waals surface area contributed by atoms with E-state index >= 15 is 0 Å². The molecule has 0 radical (unpaired) electrons. The van der Waals surface area contributed by atoms with Gasteiger partial charge in [-0.3, -0.25) is 9.59 Å². The molecule has 0 aliphatic heterocycles. The fourth-order valence-corrected chi connectivity index (χ4v) is 3.61. The summed E-state index contributed by atoms with van der Waals surface area (Å²) in [5, 5.41) is 7.28. The number of amides is 1. The summed E-state index contributed by atoms with van der Waals surface area (Å²) in [7, 11) is 0. The zero-order valence-corrected chi connectivity index (χ0v) is 18.6. The number of nitrogens with zero attached hydrogens (tertiary/aromatic N) is 2. The largest absolute Gasteiger partial charge is 0.462 e. The van der Waals surface area contributed by atoms with Crippen LogP contribution in [0.4, 0.5) is 5.69 Å². The molecule has 0 saturated heterocycles. The van der Waals surface area contributed by atoms with Crippen molar-refractivity contribution in [2.24, 2.45) is 0 Å². The average molecular weight is 453 g/mol.